The van der Waals surface area contributed by atoms with Crippen molar-refractivity contribution in [1.29, 1.82) is 0 Å². The average molecular weight is 510 g/mol. The van der Waals surface area contributed by atoms with Crippen molar-refractivity contribution in [3.63, 3.8) is 0 Å². The first-order valence-electron chi connectivity index (χ1n) is 12.6. The van der Waals surface area contributed by atoms with Gasteiger partial charge in [-0.05, 0) is 56.7 Å². The lowest BCUT2D eigenvalue weighted by atomic mass is 10.1. The molecule has 1 saturated carbocycles. The molecule has 2 fully saturated rings. The summed E-state index contributed by atoms with van der Waals surface area (Å²) in [7, 11) is 1.28. The van der Waals surface area contributed by atoms with E-state index >= 15 is 0 Å². The maximum absolute atomic E-state index is 13.5. The topological polar surface area (TPSA) is 107 Å². The van der Waals surface area contributed by atoms with E-state index in [0.717, 1.165) is 17.2 Å². The van der Waals surface area contributed by atoms with Gasteiger partial charge in [0, 0.05) is 23.9 Å². The molecule has 2 amide bonds. The van der Waals surface area contributed by atoms with E-state index in [9.17, 15) is 14.4 Å². The molecule has 9 nitrogen and oxygen atoms in total. The van der Waals surface area contributed by atoms with Gasteiger partial charge in [-0.2, -0.15) is 0 Å². The Morgan fingerprint density at radius 2 is 2.03 bits per heavy atom. The first kappa shape index (κ1) is 26.4. The van der Waals surface area contributed by atoms with Gasteiger partial charge in [0.15, 0.2) is 0 Å². The molecule has 1 aromatic heterocycles. The molecule has 4 rings (SSSR count). The second-order valence-electron chi connectivity index (χ2n) is 10.6. The molecule has 0 radical (unpaired) electrons. The second kappa shape index (κ2) is 10.0. The number of carbonyl (C=O) groups excluding carboxylic acids is 3. The predicted molar refractivity (Wildman–Crippen MR) is 138 cm³/mol. The maximum atomic E-state index is 13.5. The molecule has 1 saturated heterocycles. The Bertz CT molecular complexity index is 1220. The minimum atomic E-state index is -1.17. The molecule has 0 bridgehead atoms. The summed E-state index contributed by atoms with van der Waals surface area (Å²) in [6.07, 6.45) is 3.71. The van der Waals surface area contributed by atoms with Crippen molar-refractivity contribution in [2.75, 3.05) is 13.7 Å². The summed E-state index contributed by atoms with van der Waals surface area (Å²) in [4.78, 5) is 44.8. The van der Waals surface area contributed by atoms with E-state index in [1.165, 1.54) is 17.6 Å². The molecule has 2 heterocycles. The zero-order chi connectivity index (χ0) is 27.0. The molecule has 9 heteroatoms. The number of methoxy groups -OCH3 is 1. The van der Waals surface area contributed by atoms with E-state index in [-0.39, 0.29) is 18.9 Å². The van der Waals surface area contributed by atoms with Crippen LogP contribution in [-0.4, -0.2) is 64.8 Å². The van der Waals surface area contributed by atoms with E-state index in [1.807, 2.05) is 18.2 Å². The number of amides is 2. The monoisotopic (exact) mass is 509 g/mol. The average Bonchev–Trinajstić information content (AvgIpc) is 3.40. The van der Waals surface area contributed by atoms with Crippen molar-refractivity contribution in [3.05, 3.63) is 48.7 Å². The van der Waals surface area contributed by atoms with Gasteiger partial charge in [0.25, 0.3) is 0 Å². The Morgan fingerprint density at radius 1 is 1.27 bits per heavy atom. The van der Waals surface area contributed by atoms with Gasteiger partial charge >= 0.3 is 12.1 Å². The Morgan fingerprint density at radius 3 is 2.65 bits per heavy atom. The van der Waals surface area contributed by atoms with Crippen molar-refractivity contribution in [1.82, 2.24) is 15.2 Å². The van der Waals surface area contributed by atoms with Gasteiger partial charge in [-0.1, -0.05) is 25.1 Å². The summed E-state index contributed by atoms with van der Waals surface area (Å²) >= 11 is 0. The number of benzene rings is 1. The van der Waals surface area contributed by atoms with Crippen LogP contribution in [0.1, 0.15) is 46.1 Å². The third-order valence-electron chi connectivity index (χ3n) is 6.87. The highest BCUT2D eigenvalue weighted by Crippen LogP contribution is 2.45. The SMILES string of the molecule is C=C[C@@H]1C[C@]1(NC(=O)[C@@H]1C[C@@H](Oc2nccc3cc(CC)ccc23)CN1C(=O)OC(C)(C)C)C(=O)OC. The largest absolute Gasteiger partial charge is 0.472 e. The van der Waals surface area contributed by atoms with Gasteiger partial charge in [-0.3, -0.25) is 9.69 Å². The molecule has 1 aromatic carbocycles. The molecule has 1 aliphatic heterocycles. The fourth-order valence-electron chi connectivity index (χ4n) is 4.81. The summed E-state index contributed by atoms with van der Waals surface area (Å²) in [5, 5.41) is 4.69. The number of nitrogens with one attached hydrogen (secondary N) is 1. The summed E-state index contributed by atoms with van der Waals surface area (Å²) in [6, 6.07) is 7.14. The number of carbonyl (C=O) groups is 3. The molecular weight excluding hydrogens is 474 g/mol. The molecule has 37 heavy (non-hydrogen) atoms. The van der Waals surface area contributed by atoms with E-state index in [4.69, 9.17) is 14.2 Å². The lowest BCUT2D eigenvalue weighted by Gasteiger charge is -2.28. The van der Waals surface area contributed by atoms with Crippen LogP contribution < -0.4 is 10.1 Å². The van der Waals surface area contributed by atoms with E-state index in [2.05, 4.69) is 29.9 Å². The fraction of sp³-hybridized carbons (Fsp3) is 0.500. The van der Waals surface area contributed by atoms with E-state index in [0.29, 0.717) is 12.3 Å². The van der Waals surface area contributed by atoms with E-state index < -0.39 is 41.3 Å². The number of aromatic nitrogens is 1. The first-order chi connectivity index (χ1) is 17.5. The Kier molecular flexibility index (Phi) is 7.17. The van der Waals surface area contributed by atoms with Crippen LogP contribution in [0.2, 0.25) is 0 Å². The highest BCUT2D eigenvalue weighted by atomic mass is 16.6. The second-order valence-corrected chi connectivity index (χ2v) is 10.6. The number of nitrogens with zero attached hydrogens (tertiary/aromatic N) is 2. The van der Waals surface area contributed by atoms with Gasteiger partial charge < -0.3 is 19.5 Å². The standard InChI is InChI=1S/C28H35N3O6/c1-7-17-9-10-21-18(13-17)11-12-29-24(21)36-20-14-22(31(16-20)26(34)37-27(3,4)5)23(32)30-28(25(33)35-6)15-19(28)8-2/h8-13,19-20,22H,2,7,14-16H2,1,3-6H3,(H,30,32)/t19-,20-,22+,28-/m1/s1. The van der Waals surface area contributed by atoms with Gasteiger partial charge in [-0.15, -0.1) is 6.58 Å². The number of aryl methyl sites for hydroxylation is 1. The van der Waals surface area contributed by atoms with Crippen LogP contribution in [0, 0.1) is 5.92 Å². The van der Waals surface area contributed by atoms with Crippen molar-refractivity contribution in [2.24, 2.45) is 5.92 Å². The van der Waals surface area contributed by atoms with Crippen molar-refractivity contribution in [3.8, 4) is 5.88 Å². The summed E-state index contributed by atoms with van der Waals surface area (Å²) in [5.41, 5.74) is -0.709. The zero-order valence-electron chi connectivity index (χ0n) is 22.1. The highest BCUT2D eigenvalue weighted by molar-refractivity contribution is 5.95. The van der Waals surface area contributed by atoms with Crippen molar-refractivity contribution < 1.29 is 28.6 Å². The van der Waals surface area contributed by atoms with Crippen LogP contribution >= 0.6 is 0 Å². The number of ether oxygens (including phenoxy) is 3. The molecule has 0 unspecified atom stereocenters. The Balaban J connectivity index is 1.58. The lowest BCUT2D eigenvalue weighted by Crippen LogP contribution is -2.53. The van der Waals surface area contributed by atoms with Crippen LogP contribution in [0.3, 0.4) is 0 Å². The third kappa shape index (κ3) is 5.40. The minimum Gasteiger partial charge on any atom is -0.472 e. The molecule has 0 spiro atoms. The smallest absolute Gasteiger partial charge is 0.411 e. The molecule has 4 atom stereocenters. The van der Waals surface area contributed by atoms with Gasteiger partial charge in [0.2, 0.25) is 11.8 Å². The third-order valence-corrected chi connectivity index (χ3v) is 6.87. The normalized spacial score (nSPS) is 24.9. The van der Waals surface area contributed by atoms with Crippen molar-refractivity contribution in [2.45, 2.75) is 70.2 Å². The number of likely N-dealkylation sites (tertiary alicyclic amines) is 1. The van der Waals surface area contributed by atoms with Crippen molar-refractivity contribution >= 4 is 28.7 Å². The zero-order valence-corrected chi connectivity index (χ0v) is 22.1. The molecular formula is C28H35N3O6. The molecule has 198 valence electrons. The van der Waals surface area contributed by atoms with Gasteiger partial charge in [0.05, 0.1) is 13.7 Å². The van der Waals surface area contributed by atoms with Gasteiger partial charge in [0.1, 0.15) is 23.3 Å². The molecule has 1 aliphatic carbocycles. The molecule has 2 aromatic rings. The predicted octanol–water partition coefficient (Wildman–Crippen LogP) is 3.79. The van der Waals surface area contributed by atoms with Gasteiger partial charge in [-0.25, -0.2) is 14.6 Å². The fourth-order valence-corrected chi connectivity index (χ4v) is 4.81. The number of hydrogen-bond donors (Lipinski definition) is 1. The van der Waals surface area contributed by atoms with E-state index in [1.54, 1.807) is 33.0 Å². The molecule has 1 N–H and O–H groups in total. The van der Waals surface area contributed by atoms with Crippen LogP contribution in [-0.2, 0) is 25.5 Å². The molecule has 2 aliphatic rings. The number of rotatable bonds is 7. The summed E-state index contributed by atoms with van der Waals surface area (Å²) in [6.45, 7) is 11.3. The number of pyridine rings is 1. The lowest BCUT2D eigenvalue weighted by molar-refractivity contribution is -0.147. The highest BCUT2D eigenvalue weighted by Gasteiger charge is 2.62. The quantitative estimate of drug-likeness (QED) is 0.447. The first-order valence-corrected chi connectivity index (χ1v) is 12.6. The minimum absolute atomic E-state index is 0.133. The summed E-state index contributed by atoms with van der Waals surface area (Å²) < 4.78 is 16.8. The number of fused-ring (bicyclic) bond motifs is 1. The summed E-state index contributed by atoms with van der Waals surface area (Å²) in [5.74, 6) is -0.799. The van der Waals surface area contributed by atoms with Crippen LogP contribution in [0.25, 0.3) is 10.8 Å². The van der Waals surface area contributed by atoms with Crippen LogP contribution in [0.5, 0.6) is 5.88 Å². The Hall–Kier alpha value is -3.62. The maximum Gasteiger partial charge on any atom is 0.411 e. The van der Waals surface area contributed by atoms with Crippen LogP contribution in [0.4, 0.5) is 4.79 Å². The Labute approximate surface area is 217 Å². The number of esters is 1. The van der Waals surface area contributed by atoms with Crippen LogP contribution in [0.15, 0.2) is 43.1 Å². The number of hydrogen-bond acceptors (Lipinski definition) is 7.